The number of halogens is 2. The number of rotatable bonds is 8. The lowest BCUT2D eigenvalue weighted by Crippen LogP contribution is -2.21. The molecule has 0 bridgehead atoms. The Labute approximate surface area is 115 Å². The first kappa shape index (κ1) is 15.5. The standard InChI is InChI=1S/C15H23ClFN/c1-3-5-6-7-8-15(18-4-2)13-11-12(17)9-10-14(13)16/h9-11,15,18H,3-8H2,1-2H3. The zero-order valence-electron chi connectivity index (χ0n) is 11.3. The SMILES string of the molecule is CCCCCCC(NCC)c1cc(F)ccc1Cl. The molecule has 0 aromatic heterocycles. The smallest absolute Gasteiger partial charge is 0.123 e. The summed E-state index contributed by atoms with van der Waals surface area (Å²) in [6.45, 7) is 5.13. The molecule has 0 spiro atoms. The van der Waals surface area contributed by atoms with Gasteiger partial charge in [-0.2, -0.15) is 0 Å². The summed E-state index contributed by atoms with van der Waals surface area (Å²) in [4.78, 5) is 0. The monoisotopic (exact) mass is 271 g/mol. The highest BCUT2D eigenvalue weighted by atomic mass is 35.5. The number of benzene rings is 1. The van der Waals surface area contributed by atoms with Gasteiger partial charge >= 0.3 is 0 Å². The van der Waals surface area contributed by atoms with E-state index in [0.717, 1.165) is 24.9 Å². The molecule has 0 aliphatic heterocycles. The van der Waals surface area contributed by atoms with Gasteiger partial charge in [-0.3, -0.25) is 0 Å². The lowest BCUT2D eigenvalue weighted by atomic mass is 9.99. The first-order chi connectivity index (χ1) is 8.69. The van der Waals surface area contributed by atoms with Crippen molar-refractivity contribution in [2.75, 3.05) is 6.54 Å². The van der Waals surface area contributed by atoms with Crippen molar-refractivity contribution < 1.29 is 4.39 Å². The average Bonchev–Trinajstić information content (AvgIpc) is 2.36. The van der Waals surface area contributed by atoms with E-state index in [2.05, 4.69) is 19.2 Å². The van der Waals surface area contributed by atoms with Crippen molar-refractivity contribution >= 4 is 11.6 Å². The topological polar surface area (TPSA) is 12.0 Å². The third-order valence-electron chi connectivity index (χ3n) is 3.13. The zero-order chi connectivity index (χ0) is 13.4. The van der Waals surface area contributed by atoms with Gasteiger partial charge in [-0.15, -0.1) is 0 Å². The molecule has 0 saturated heterocycles. The van der Waals surface area contributed by atoms with Crippen LogP contribution in [-0.2, 0) is 0 Å². The summed E-state index contributed by atoms with van der Waals surface area (Å²) in [5.41, 5.74) is 0.884. The predicted molar refractivity (Wildman–Crippen MR) is 76.6 cm³/mol. The summed E-state index contributed by atoms with van der Waals surface area (Å²) in [5, 5.41) is 4.04. The molecule has 1 aromatic carbocycles. The van der Waals surface area contributed by atoms with Gasteiger partial charge in [0, 0.05) is 11.1 Å². The number of nitrogens with one attached hydrogen (secondary N) is 1. The molecule has 1 rings (SSSR count). The van der Waals surface area contributed by atoms with Crippen LogP contribution in [0.1, 0.15) is 57.6 Å². The molecule has 1 N–H and O–H groups in total. The van der Waals surface area contributed by atoms with Crippen molar-refractivity contribution in [1.29, 1.82) is 0 Å². The second-order valence-electron chi connectivity index (χ2n) is 4.63. The Morgan fingerprint density at radius 3 is 2.67 bits per heavy atom. The van der Waals surface area contributed by atoms with E-state index >= 15 is 0 Å². The summed E-state index contributed by atoms with van der Waals surface area (Å²) >= 11 is 6.16. The summed E-state index contributed by atoms with van der Waals surface area (Å²) in [5.74, 6) is -0.217. The second kappa shape index (κ2) is 8.49. The first-order valence-corrected chi connectivity index (χ1v) is 7.25. The summed E-state index contributed by atoms with van der Waals surface area (Å²) < 4.78 is 13.3. The maximum absolute atomic E-state index is 13.3. The number of unbranched alkanes of at least 4 members (excludes halogenated alkanes) is 3. The molecular weight excluding hydrogens is 249 g/mol. The van der Waals surface area contributed by atoms with Gasteiger partial charge in [0.25, 0.3) is 0 Å². The fourth-order valence-corrected chi connectivity index (χ4v) is 2.42. The van der Waals surface area contributed by atoms with E-state index in [1.54, 1.807) is 12.1 Å². The minimum Gasteiger partial charge on any atom is -0.310 e. The highest BCUT2D eigenvalue weighted by Gasteiger charge is 2.14. The fourth-order valence-electron chi connectivity index (χ4n) is 2.17. The molecule has 0 fully saturated rings. The molecule has 0 aliphatic rings. The number of hydrogen-bond acceptors (Lipinski definition) is 1. The maximum atomic E-state index is 13.3. The average molecular weight is 272 g/mol. The van der Waals surface area contributed by atoms with Crippen LogP contribution in [0, 0.1) is 5.82 Å². The van der Waals surface area contributed by atoms with Gasteiger partial charge in [-0.25, -0.2) is 4.39 Å². The molecule has 0 radical (unpaired) electrons. The van der Waals surface area contributed by atoms with Crippen molar-refractivity contribution in [3.05, 3.63) is 34.6 Å². The van der Waals surface area contributed by atoms with Crippen LogP contribution in [0.3, 0.4) is 0 Å². The molecule has 0 heterocycles. The van der Waals surface area contributed by atoms with E-state index in [0.29, 0.717) is 5.02 Å². The Morgan fingerprint density at radius 1 is 1.22 bits per heavy atom. The zero-order valence-corrected chi connectivity index (χ0v) is 12.1. The highest BCUT2D eigenvalue weighted by molar-refractivity contribution is 6.31. The Balaban J connectivity index is 2.67. The Kier molecular flexibility index (Phi) is 7.29. The van der Waals surface area contributed by atoms with E-state index in [1.807, 2.05) is 0 Å². The molecule has 0 amide bonds. The van der Waals surface area contributed by atoms with Crippen LogP contribution in [0.25, 0.3) is 0 Å². The van der Waals surface area contributed by atoms with E-state index in [1.165, 1.54) is 25.3 Å². The molecule has 1 nitrogen and oxygen atoms in total. The molecule has 0 saturated carbocycles. The van der Waals surface area contributed by atoms with Crippen molar-refractivity contribution in [2.45, 2.75) is 52.0 Å². The molecule has 102 valence electrons. The van der Waals surface area contributed by atoms with Crippen molar-refractivity contribution in [3.63, 3.8) is 0 Å². The third-order valence-corrected chi connectivity index (χ3v) is 3.47. The lowest BCUT2D eigenvalue weighted by molar-refractivity contribution is 0.479. The van der Waals surface area contributed by atoms with E-state index in [4.69, 9.17) is 11.6 Å². The number of hydrogen-bond donors (Lipinski definition) is 1. The van der Waals surface area contributed by atoms with Crippen LogP contribution in [0.4, 0.5) is 4.39 Å². The molecule has 1 unspecified atom stereocenters. The molecule has 1 aromatic rings. The van der Waals surface area contributed by atoms with Gasteiger partial charge in [0.1, 0.15) is 5.82 Å². The second-order valence-corrected chi connectivity index (χ2v) is 5.03. The van der Waals surface area contributed by atoms with Crippen molar-refractivity contribution in [3.8, 4) is 0 Å². The molecular formula is C15H23ClFN. The van der Waals surface area contributed by atoms with Crippen molar-refractivity contribution in [2.24, 2.45) is 0 Å². The van der Waals surface area contributed by atoms with Crippen LogP contribution < -0.4 is 5.32 Å². The predicted octanol–water partition coefficient (Wildman–Crippen LogP) is 5.10. The van der Waals surface area contributed by atoms with E-state index in [9.17, 15) is 4.39 Å². The molecule has 18 heavy (non-hydrogen) atoms. The van der Waals surface area contributed by atoms with Crippen LogP contribution in [0.15, 0.2) is 18.2 Å². The van der Waals surface area contributed by atoms with Gasteiger partial charge < -0.3 is 5.32 Å². The Hall–Kier alpha value is -0.600. The van der Waals surface area contributed by atoms with Gasteiger partial charge in [-0.1, -0.05) is 51.1 Å². The Morgan fingerprint density at radius 2 is 2.00 bits per heavy atom. The van der Waals surface area contributed by atoms with Crippen LogP contribution in [0.5, 0.6) is 0 Å². The molecule has 0 aliphatic carbocycles. The summed E-state index contributed by atoms with van der Waals surface area (Å²) in [6, 6.07) is 4.76. The lowest BCUT2D eigenvalue weighted by Gasteiger charge is -2.19. The molecule has 3 heteroatoms. The minimum absolute atomic E-state index is 0.162. The van der Waals surface area contributed by atoms with Gasteiger partial charge in [0.2, 0.25) is 0 Å². The normalized spacial score (nSPS) is 12.7. The maximum Gasteiger partial charge on any atom is 0.123 e. The van der Waals surface area contributed by atoms with E-state index < -0.39 is 0 Å². The third kappa shape index (κ3) is 4.95. The minimum atomic E-state index is -0.217. The summed E-state index contributed by atoms with van der Waals surface area (Å²) in [7, 11) is 0. The molecule has 1 atom stereocenters. The fraction of sp³-hybridized carbons (Fsp3) is 0.600. The van der Waals surface area contributed by atoms with Crippen LogP contribution in [0.2, 0.25) is 5.02 Å². The van der Waals surface area contributed by atoms with E-state index in [-0.39, 0.29) is 11.9 Å². The Bertz CT molecular complexity index is 354. The van der Waals surface area contributed by atoms with Crippen LogP contribution in [-0.4, -0.2) is 6.54 Å². The largest absolute Gasteiger partial charge is 0.310 e. The first-order valence-electron chi connectivity index (χ1n) is 6.87. The van der Waals surface area contributed by atoms with Gasteiger partial charge in [-0.05, 0) is 36.7 Å². The quantitative estimate of drug-likeness (QED) is 0.649. The van der Waals surface area contributed by atoms with Gasteiger partial charge in [0.15, 0.2) is 0 Å². The van der Waals surface area contributed by atoms with Gasteiger partial charge in [0.05, 0.1) is 0 Å². The van der Waals surface area contributed by atoms with Crippen molar-refractivity contribution in [1.82, 2.24) is 5.32 Å². The summed E-state index contributed by atoms with van der Waals surface area (Å²) in [6.07, 6.45) is 5.88. The highest BCUT2D eigenvalue weighted by Crippen LogP contribution is 2.27. The van der Waals surface area contributed by atoms with Crippen LogP contribution >= 0.6 is 11.6 Å².